The quantitative estimate of drug-likeness (QED) is 0.809. The molecule has 0 unspecified atom stereocenters. The molecular formula is C19H20F3N3O2. The van der Waals surface area contributed by atoms with E-state index in [9.17, 15) is 22.8 Å². The zero-order chi connectivity index (χ0) is 20.0. The first-order valence-electron chi connectivity index (χ1n) is 8.14. The molecule has 0 heterocycles. The summed E-state index contributed by atoms with van der Waals surface area (Å²) in [6, 6.07) is 11.2. The Labute approximate surface area is 155 Å². The molecule has 0 aliphatic carbocycles. The number of halogens is 3. The van der Waals surface area contributed by atoms with Crippen molar-refractivity contribution in [3.8, 4) is 0 Å². The average molecular weight is 379 g/mol. The molecule has 0 radical (unpaired) electrons. The number of nitrogens with zero attached hydrogens (tertiary/aromatic N) is 1. The summed E-state index contributed by atoms with van der Waals surface area (Å²) in [5.74, 6) is -0.654. The minimum atomic E-state index is -4.45. The van der Waals surface area contributed by atoms with Crippen LogP contribution in [0.15, 0.2) is 48.5 Å². The van der Waals surface area contributed by atoms with Gasteiger partial charge in [0.15, 0.2) is 0 Å². The van der Waals surface area contributed by atoms with E-state index in [1.807, 2.05) is 0 Å². The van der Waals surface area contributed by atoms with Crippen molar-refractivity contribution >= 4 is 23.2 Å². The maximum absolute atomic E-state index is 12.7. The number of likely N-dealkylation sites (N-methyl/N-ethyl adjacent to an activating group) is 1. The van der Waals surface area contributed by atoms with Crippen LogP contribution in [0.5, 0.6) is 0 Å². The van der Waals surface area contributed by atoms with Crippen molar-refractivity contribution in [1.82, 2.24) is 4.90 Å². The van der Waals surface area contributed by atoms with E-state index < -0.39 is 17.6 Å². The Kier molecular flexibility index (Phi) is 6.57. The van der Waals surface area contributed by atoms with E-state index in [4.69, 9.17) is 0 Å². The lowest BCUT2D eigenvalue weighted by Crippen LogP contribution is -2.27. The molecule has 2 aromatic carbocycles. The molecule has 2 N–H and O–H groups in total. The van der Waals surface area contributed by atoms with Crippen LogP contribution < -0.4 is 10.6 Å². The standard InChI is InChI=1S/C19H20F3N3O2/c1-25(2)12-18(27)24-16-8-4-7-15(11-16)23-17(26)10-13-5-3-6-14(9-13)19(20,21)22/h3-9,11H,10,12H2,1-2H3,(H,23,26)(H,24,27). The van der Waals surface area contributed by atoms with Gasteiger partial charge in [0, 0.05) is 11.4 Å². The molecule has 0 saturated carbocycles. The maximum Gasteiger partial charge on any atom is 0.416 e. The normalized spacial score (nSPS) is 11.3. The molecule has 5 nitrogen and oxygen atoms in total. The largest absolute Gasteiger partial charge is 0.416 e. The Morgan fingerprint density at radius 2 is 1.52 bits per heavy atom. The second kappa shape index (κ2) is 8.68. The van der Waals surface area contributed by atoms with E-state index in [-0.39, 0.29) is 24.4 Å². The first kappa shape index (κ1) is 20.4. The molecule has 0 aliphatic heterocycles. The third-order valence-electron chi connectivity index (χ3n) is 3.51. The van der Waals surface area contributed by atoms with Crippen molar-refractivity contribution in [1.29, 1.82) is 0 Å². The van der Waals surface area contributed by atoms with Gasteiger partial charge in [0.1, 0.15) is 0 Å². The number of carbonyl (C=O) groups excluding carboxylic acids is 2. The van der Waals surface area contributed by atoms with Crippen LogP contribution in [0.25, 0.3) is 0 Å². The van der Waals surface area contributed by atoms with Crippen molar-refractivity contribution in [3.63, 3.8) is 0 Å². The van der Waals surface area contributed by atoms with Crippen molar-refractivity contribution in [2.24, 2.45) is 0 Å². The first-order chi connectivity index (χ1) is 12.6. The Morgan fingerprint density at radius 1 is 0.926 bits per heavy atom. The van der Waals surface area contributed by atoms with Crippen LogP contribution >= 0.6 is 0 Å². The number of carbonyl (C=O) groups is 2. The summed E-state index contributed by atoms with van der Waals surface area (Å²) >= 11 is 0. The number of hydrogen-bond acceptors (Lipinski definition) is 3. The maximum atomic E-state index is 12.7. The molecule has 8 heteroatoms. The van der Waals surface area contributed by atoms with Crippen LogP contribution in [-0.2, 0) is 22.2 Å². The van der Waals surface area contributed by atoms with Gasteiger partial charge in [-0.15, -0.1) is 0 Å². The molecular weight excluding hydrogens is 359 g/mol. The fourth-order valence-corrected chi connectivity index (χ4v) is 2.41. The molecule has 144 valence electrons. The number of hydrogen-bond donors (Lipinski definition) is 2. The van der Waals surface area contributed by atoms with Gasteiger partial charge in [0.25, 0.3) is 0 Å². The van der Waals surface area contributed by atoms with Gasteiger partial charge >= 0.3 is 6.18 Å². The molecule has 0 aliphatic rings. The fraction of sp³-hybridized carbons (Fsp3) is 0.263. The summed E-state index contributed by atoms with van der Waals surface area (Å²) in [7, 11) is 3.54. The summed E-state index contributed by atoms with van der Waals surface area (Å²) in [6.07, 6.45) is -4.65. The molecule has 2 aromatic rings. The van der Waals surface area contributed by atoms with Crippen molar-refractivity contribution < 1.29 is 22.8 Å². The van der Waals surface area contributed by atoms with E-state index in [2.05, 4.69) is 10.6 Å². The van der Waals surface area contributed by atoms with Gasteiger partial charge in [-0.1, -0.05) is 24.3 Å². The molecule has 0 atom stereocenters. The third kappa shape index (κ3) is 6.74. The highest BCUT2D eigenvalue weighted by molar-refractivity contribution is 5.95. The minimum absolute atomic E-state index is 0.193. The van der Waals surface area contributed by atoms with Crippen LogP contribution in [0.1, 0.15) is 11.1 Å². The van der Waals surface area contributed by atoms with Crippen LogP contribution in [-0.4, -0.2) is 37.4 Å². The zero-order valence-corrected chi connectivity index (χ0v) is 14.9. The van der Waals surface area contributed by atoms with Gasteiger partial charge in [-0.25, -0.2) is 0 Å². The number of alkyl halides is 3. The second-order valence-corrected chi connectivity index (χ2v) is 6.29. The molecule has 0 spiro atoms. The van der Waals surface area contributed by atoms with Gasteiger partial charge in [0.2, 0.25) is 11.8 Å². The summed E-state index contributed by atoms with van der Waals surface area (Å²) in [6.45, 7) is 0.214. The minimum Gasteiger partial charge on any atom is -0.326 e. The van der Waals surface area contributed by atoms with Crippen LogP contribution in [0, 0.1) is 0 Å². The molecule has 0 saturated heterocycles. The smallest absolute Gasteiger partial charge is 0.326 e. The van der Waals surface area contributed by atoms with Crippen LogP contribution in [0.3, 0.4) is 0 Å². The van der Waals surface area contributed by atoms with E-state index in [1.54, 1.807) is 43.3 Å². The number of amides is 2. The second-order valence-electron chi connectivity index (χ2n) is 6.29. The number of benzene rings is 2. The van der Waals surface area contributed by atoms with Gasteiger partial charge in [-0.3, -0.25) is 9.59 Å². The van der Waals surface area contributed by atoms with Gasteiger partial charge < -0.3 is 15.5 Å². The lowest BCUT2D eigenvalue weighted by atomic mass is 10.1. The summed E-state index contributed by atoms with van der Waals surface area (Å²) in [5, 5.41) is 5.32. The third-order valence-corrected chi connectivity index (χ3v) is 3.51. The highest BCUT2D eigenvalue weighted by atomic mass is 19.4. The van der Waals surface area contributed by atoms with Crippen LogP contribution in [0.2, 0.25) is 0 Å². The molecule has 2 amide bonds. The van der Waals surface area contributed by atoms with Gasteiger partial charge in [0.05, 0.1) is 18.5 Å². The summed E-state index contributed by atoms with van der Waals surface area (Å²) < 4.78 is 38.2. The highest BCUT2D eigenvalue weighted by Crippen LogP contribution is 2.29. The van der Waals surface area contributed by atoms with E-state index in [0.717, 1.165) is 12.1 Å². The Bertz CT molecular complexity index is 820. The predicted molar refractivity (Wildman–Crippen MR) is 97.4 cm³/mol. The van der Waals surface area contributed by atoms with Gasteiger partial charge in [-0.05, 0) is 43.9 Å². The van der Waals surface area contributed by atoms with Gasteiger partial charge in [-0.2, -0.15) is 13.2 Å². The number of anilines is 2. The highest BCUT2D eigenvalue weighted by Gasteiger charge is 2.30. The molecule has 0 bridgehead atoms. The Balaban J connectivity index is 2.00. The van der Waals surface area contributed by atoms with Crippen molar-refractivity contribution in [2.75, 3.05) is 31.3 Å². The van der Waals surface area contributed by atoms with E-state index in [1.165, 1.54) is 12.1 Å². The molecule has 0 fully saturated rings. The van der Waals surface area contributed by atoms with E-state index >= 15 is 0 Å². The van der Waals surface area contributed by atoms with E-state index in [0.29, 0.717) is 11.4 Å². The molecule has 2 rings (SSSR count). The Morgan fingerprint density at radius 3 is 2.11 bits per heavy atom. The zero-order valence-electron chi connectivity index (χ0n) is 14.9. The fourth-order valence-electron chi connectivity index (χ4n) is 2.41. The monoisotopic (exact) mass is 379 g/mol. The number of rotatable bonds is 6. The Hall–Kier alpha value is -2.87. The topological polar surface area (TPSA) is 61.4 Å². The lowest BCUT2D eigenvalue weighted by Gasteiger charge is -2.12. The molecule has 27 heavy (non-hydrogen) atoms. The van der Waals surface area contributed by atoms with Crippen molar-refractivity contribution in [3.05, 3.63) is 59.7 Å². The van der Waals surface area contributed by atoms with Crippen LogP contribution in [0.4, 0.5) is 24.5 Å². The average Bonchev–Trinajstić information content (AvgIpc) is 2.53. The SMILES string of the molecule is CN(C)CC(=O)Nc1cccc(NC(=O)Cc2cccc(C(F)(F)F)c2)c1. The summed E-state index contributed by atoms with van der Waals surface area (Å²) in [4.78, 5) is 25.6. The summed E-state index contributed by atoms with van der Waals surface area (Å²) in [5.41, 5.74) is 0.421. The van der Waals surface area contributed by atoms with Crippen molar-refractivity contribution in [2.45, 2.75) is 12.6 Å². The predicted octanol–water partition coefficient (Wildman–Crippen LogP) is 3.39. The lowest BCUT2D eigenvalue weighted by molar-refractivity contribution is -0.137. The number of nitrogens with one attached hydrogen (secondary N) is 2. The first-order valence-corrected chi connectivity index (χ1v) is 8.14. The molecule has 0 aromatic heterocycles.